The van der Waals surface area contributed by atoms with Crippen LogP contribution in [0.15, 0.2) is 35.5 Å². The van der Waals surface area contributed by atoms with E-state index < -0.39 is 5.79 Å². The van der Waals surface area contributed by atoms with Crippen molar-refractivity contribution in [3.63, 3.8) is 0 Å². The first-order valence-corrected chi connectivity index (χ1v) is 12.1. The van der Waals surface area contributed by atoms with Crippen LogP contribution in [0.4, 0.5) is 0 Å². The fourth-order valence-corrected chi connectivity index (χ4v) is 6.68. The Hall–Kier alpha value is -0.860. The van der Waals surface area contributed by atoms with Gasteiger partial charge in [0.1, 0.15) is 0 Å². The van der Waals surface area contributed by atoms with E-state index in [0.29, 0.717) is 30.6 Å². The summed E-state index contributed by atoms with van der Waals surface area (Å²) in [5.41, 5.74) is 4.14. The van der Waals surface area contributed by atoms with Gasteiger partial charge >= 0.3 is 0 Å². The lowest BCUT2D eigenvalue weighted by molar-refractivity contribution is -0.166. The van der Waals surface area contributed by atoms with Gasteiger partial charge in [0.15, 0.2) is 5.79 Å². The number of hydrogen-bond acceptors (Lipinski definition) is 2. The predicted molar refractivity (Wildman–Crippen MR) is 122 cm³/mol. The SMILES string of the molecule is C=C1CCC(O)(O)C/C1=C\C=C1/CCC[C@@]2(C)C1CC[C@@H]2[C@H](C)CCCC(C)C. The van der Waals surface area contributed by atoms with Crippen molar-refractivity contribution in [2.45, 2.75) is 104 Å². The third-order valence-corrected chi connectivity index (χ3v) is 8.42. The van der Waals surface area contributed by atoms with Gasteiger partial charge in [0.05, 0.1) is 0 Å². The standard InChI is InChI=1S/C27H44O2/c1-19(2)8-6-9-21(4)24-13-14-25-22(10-7-16-26(24,25)5)11-12-23-18-27(28,29)17-15-20(23)3/h11-12,19,21,24-25,28-29H,3,6-10,13-18H2,1-2,4-5H3/b22-11+,23-12+/t21-,24-,25?,26-/m1/s1. The summed E-state index contributed by atoms with van der Waals surface area (Å²) in [6.45, 7) is 13.9. The summed E-state index contributed by atoms with van der Waals surface area (Å²) in [7, 11) is 0. The van der Waals surface area contributed by atoms with E-state index in [4.69, 9.17) is 0 Å². The maximum Gasteiger partial charge on any atom is 0.166 e. The van der Waals surface area contributed by atoms with Gasteiger partial charge in [-0.1, -0.05) is 76.8 Å². The molecule has 3 fully saturated rings. The van der Waals surface area contributed by atoms with Gasteiger partial charge in [-0.15, -0.1) is 0 Å². The summed E-state index contributed by atoms with van der Waals surface area (Å²) < 4.78 is 0. The second kappa shape index (κ2) is 9.10. The minimum atomic E-state index is -1.56. The lowest BCUT2D eigenvalue weighted by Crippen LogP contribution is -2.36. The molecule has 1 unspecified atom stereocenters. The number of aliphatic hydroxyl groups is 2. The van der Waals surface area contributed by atoms with Gasteiger partial charge in [-0.05, 0) is 73.2 Å². The minimum Gasteiger partial charge on any atom is -0.365 e. The molecular formula is C27H44O2. The highest BCUT2D eigenvalue weighted by molar-refractivity contribution is 5.36. The Balaban J connectivity index is 1.71. The van der Waals surface area contributed by atoms with Crippen LogP contribution in [0.25, 0.3) is 0 Å². The monoisotopic (exact) mass is 400 g/mol. The normalized spacial score (nSPS) is 36.0. The fourth-order valence-electron chi connectivity index (χ4n) is 6.68. The number of rotatable bonds is 6. The molecule has 2 N–H and O–H groups in total. The van der Waals surface area contributed by atoms with Gasteiger partial charge in [0.25, 0.3) is 0 Å². The summed E-state index contributed by atoms with van der Waals surface area (Å²) in [5, 5.41) is 20.1. The molecule has 0 radical (unpaired) electrons. The molecule has 0 aromatic carbocycles. The van der Waals surface area contributed by atoms with Crippen molar-refractivity contribution >= 4 is 0 Å². The molecule has 29 heavy (non-hydrogen) atoms. The van der Waals surface area contributed by atoms with E-state index >= 15 is 0 Å². The molecule has 3 rings (SSSR count). The van der Waals surface area contributed by atoms with E-state index in [0.717, 1.165) is 28.9 Å². The summed E-state index contributed by atoms with van der Waals surface area (Å²) in [5.74, 6) is 1.64. The first-order chi connectivity index (χ1) is 13.6. The van der Waals surface area contributed by atoms with Gasteiger partial charge in [0.2, 0.25) is 0 Å². The van der Waals surface area contributed by atoms with E-state index in [9.17, 15) is 10.2 Å². The second-order valence-electron chi connectivity index (χ2n) is 11.1. The zero-order valence-corrected chi connectivity index (χ0v) is 19.3. The van der Waals surface area contributed by atoms with Crippen molar-refractivity contribution in [2.75, 3.05) is 0 Å². The van der Waals surface area contributed by atoms with Crippen LogP contribution >= 0.6 is 0 Å². The molecule has 164 valence electrons. The minimum absolute atomic E-state index is 0.313. The first-order valence-electron chi connectivity index (χ1n) is 12.1. The summed E-state index contributed by atoms with van der Waals surface area (Å²) in [6.07, 6.45) is 16.6. The molecule has 0 saturated heterocycles. The summed E-state index contributed by atoms with van der Waals surface area (Å²) >= 11 is 0. The van der Waals surface area contributed by atoms with Gasteiger partial charge < -0.3 is 10.2 Å². The van der Waals surface area contributed by atoms with Crippen LogP contribution in [0.2, 0.25) is 0 Å². The summed E-state index contributed by atoms with van der Waals surface area (Å²) in [4.78, 5) is 0. The second-order valence-corrected chi connectivity index (χ2v) is 11.1. The van der Waals surface area contributed by atoms with E-state index in [-0.39, 0.29) is 0 Å². The van der Waals surface area contributed by atoms with Gasteiger partial charge in [0, 0.05) is 12.8 Å². The molecule has 0 bridgehead atoms. The summed E-state index contributed by atoms with van der Waals surface area (Å²) in [6, 6.07) is 0. The maximum absolute atomic E-state index is 10.0. The van der Waals surface area contributed by atoms with E-state index in [2.05, 4.69) is 46.4 Å². The highest BCUT2D eigenvalue weighted by Gasteiger charge is 2.50. The highest BCUT2D eigenvalue weighted by atomic mass is 16.5. The van der Waals surface area contributed by atoms with Crippen LogP contribution in [0, 0.1) is 29.1 Å². The quantitative estimate of drug-likeness (QED) is 0.474. The van der Waals surface area contributed by atoms with Crippen LogP contribution in [0.5, 0.6) is 0 Å². The van der Waals surface area contributed by atoms with Crippen molar-refractivity contribution in [3.8, 4) is 0 Å². The Labute approximate surface area is 179 Å². The molecule has 3 aliphatic carbocycles. The average molecular weight is 401 g/mol. The lowest BCUT2D eigenvalue weighted by Gasteiger charge is -2.44. The van der Waals surface area contributed by atoms with Gasteiger partial charge in [-0.2, -0.15) is 0 Å². The van der Waals surface area contributed by atoms with Crippen molar-refractivity contribution in [2.24, 2.45) is 29.1 Å². The third kappa shape index (κ3) is 5.25. The molecule has 4 atom stereocenters. The average Bonchev–Trinajstić information content (AvgIpc) is 2.99. The highest BCUT2D eigenvalue weighted by Crippen LogP contribution is 2.60. The van der Waals surface area contributed by atoms with Crippen LogP contribution < -0.4 is 0 Å². The van der Waals surface area contributed by atoms with Crippen LogP contribution in [-0.4, -0.2) is 16.0 Å². The largest absolute Gasteiger partial charge is 0.365 e. The zero-order valence-electron chi connectivity index (χ0n) is 19.3. The number of hydrogen-bond donors (Lipinski definition) is 2. The molecule has 0 aromatic heterocycles. The maximum atomic E-state index is 10.0. The molecule has 3 saturated carbocycles. The predicted octanol–water partition coefficient (Wildman–Crippen LogP) is 6.94. The molecule has 0 heterocycles. The van der Waals surface area contributed by atoms with E-state index in [1.165, 1.54) is 51.4 Å². The Morgan fingerprint density at radius 1 is 1.07 bits per heavy atom. The molecule has 2 heteroatoms. The Morgan fingerprint density at radius 2 is 1.83 bits per heavy atom. The Kier molecular flexibility index (Phi) is 7.16. The molecule has 3 aliphatic rings. The Bertz CT molecular complexity index is 653. The van der Waals surface area contributed by atoms with Gasteiger partial charge in [-0.25, -0.2) is 0 Å². The lowest BCUT2D eigenvalue weighted by atomic mass is 9.60. The zero-order chi connectivity index (χ0) is 21.2. The van der Waals surface area contributed by atoms with Crippen molar-refractivity contribution in [1.29, 1.82) is 0 Å². The molecule has 0 aromatic rings. The van der Waals surface area contributed by atoms with Crippen molar-refractivity contribution in [1.82, 2.24) is 0 Å². The number of fused-ring (bicyclic) bond motifs is 1. The fraction of sp³-hybridized carbons (Fsp3) is 0.778. The molecule has 0 spiro atoms. The topological polar surface area (TPSA) is 40.5 Å². The molecule has 0 aliphatic heterocycles. The smallest absolute Gasteiger partial charge is 0.166 e. The molecule has 2 nitrogen and oxygen atoms in total. The van der Waals surface area contributed by atoms with Crippen molar-refractivity contribution < 1.29 is 10.2 Å². The first kappa shape index (κ1) is 22.8. The van der Waals surface area contributed by atoms with Crippen LogP contribution in [-0.2, 0) is 0 Å². The van der Waals surface area contributed by atoms with Crippen LogP contribution in [0.3, 0.4) is 0 Å². The van der Waals surface area contributed by atoms with Crippen LogP contribution in [0.1, 0.15) is 98.3 Å². The number of allylic oxidation sites excluding steroid dienone is 4. The molecular weight excluding hydrogens is 356 g/mol. The van der Waals surface area contributed by atoms with E-state index in [1.807, 2.05) is 0 Å². The molecule has 0 amide bonds. The van der Waals surface area contributed by atoms with E-state index in [1.54, 1.807) is 5.57 Å². The Morgan fingerprint density at radius 3 is 2.55 bits per heavy atom. The van der Waals surface area contributed by atoms with Crippen molar-refractivity contribution in [3.05, 3.63) is 35.5 Å². The third-order valence-electron chi connectivity index (χ3n) is 8.42. The van der Waals surface area contributed by atoms with Gasteiger partial charge in [-0.3, -0.25) is 0 Å².